The molecule has 1 unspecified atom stereocenters. The lowest BCUT2D eigenvalue weighted by Crippen LogP contribution is -2.44. The van der Waals surface area contributed by atoms with Crippen LogP contribution >= 0.6 is 11.6 Å². The molecule has 1 atom stereocenters. The van der Waals surface area contributed by atoms with Crippen LogP contribution in [0.3, 0.4) is 0 Å². The van der Waals surface area contributed by atoms with Gasteiger partial charge in [-0.15, -0.1) is 0 Å². The molecule has 2 heterocycles. The molecule has 0 fully saturated rings. The van der Waals surface area contributed by atoms with Crippen molar-refractivity contribution in [1.82, 2.24) is 15.3 Å². The van der Waals surface area contributed by atoms with Crippen LogP contribution in [0.15, 0.2) is 24.5 Å². The molecule has 6 heteroatoms. The number of hydrogen-bond acceptors (Lipinski definition) is 3. The second-order valence-electron chi connectivity index (χ2n) is 4.91. The van der Waals surface area contributed by atoms with E-state index in [4.69, 9.17) is 11.6 Å². The number of halogens is 1. The molecule has 104 valence electrons. The van der Waals surface area contributed by atoms with Crippen LogP contribution in [0, 0.1) is 6.92 Å². The minimum absolute atomic E-state index is 0.0657. The van der Waals surface area contributed by atoms with Crippen molar-refractivity contribution in [2.45, 2.75) is 25.9 Å². The molecule has 1 amide bonds. The lowest BCUT2D eigenvalue weighted by Gasteiger charge is -2.22. The molecule has 1 aliphatic heterocycles. The second kappa shape index (κ2) is 5.26. The molecule has 0 spiro atoms. The standard InChI is InChI=1S/C14H15ClN4O/c1-8-2-3-9(15)4-10(8)19-14(20)12-5-11-13(6-16-12)18-7-17-11/h2-4,7,12,16H,5-6H2,1H3,(H,17,18)(H,19,20). The number of rotatable bonds is 2. The molecule has 1 aliphatic rings. The minimum atomic E-state index is -0.274. The third kappa shape index (κ3) is 2.55. The van der Waals surface area contributed by atoms with Crippen molar-refractivity contribution in [2.75, 3.05) is 5.32 Å². The molecule has 0 bridgehead atoms. The molecule has 20 heavy (non-hydrogen) atoms. The largest absolute Gasteiger partial charge is 0.347 e. The number of H-pyrrole nitrogens is 1. The number of aromatic nitrogens is 2. The fourth-order valence-corrected chi connectivity index (χ4v) is 2.48. The molecule has 0 saturated carbocycles. The Bertz CT molecular complexity index is 652. The van der Waals surface area contributed by atoms with Gasteiger partial charge in [-0.05, 0) is 24.6 Å². The van der Waals surface area contributed by atoms with Crippen molar-refractivity contribution in [3.63, 3.8) is 0 Å². The summed E-state index contributed by atoms with van der Waals surface area (Å²) in [6.45, 7) is 2.56. The van der Waals surface area contributed by atoms with E-state index < -0.39 is 0 Å². The summed E-state index contributed by atoms with van der Waals surface area (Å²) >= 11 is 5.96. The molecule has 5 nitrogen and oxygen atoms in total. The maximum atomic E-state index is 12.3. The van der Waals surface area contributed by atoms with Gasteiger partial charge in [0.2, 0.25) is 5.91 Å². The summed E-state index contributed by atoms with van der Waals surface area (Å²) in [5.74, 6) is -0.0657. The highest BCUT2D eigenvalue weighted by Crippen LogP contribution is 2.21. The number of anilines is 1. The fourth-order valence-electron chi connectivity index (χ4n) is 2.30. The Morgan fingerprint density at radius 3 is 3.20 bits per heavy atom. The van der Waals surface area contributed by atoms with Gasteiger partial charge < -0.3 is 10.3 Å². The fraction of sp³-hybridized carbons (Fsp3) is 0.286. The van der Waals surface area contributed by atoms with Crippen LogP contribution in [-0.4, -0.2) is 21.9 Å². The normalized spacial score (nSPS) is 17.6. The van der Waals surface area contributed by atoms with Crippen molar-refractivity contribution in [3.8, 4) is 0 Å². The van der Waals surface area contributed by atoms with Crippen molar-refractivity contribution >= 4 is 23.2 Å². The first-order valence-electron chi connectivity index (χ1n) is 6.45. The quantitative estimate of drug-likeness (QED) is 0.792. The minimum Gasteiger partial charge on any atom is -0.347 e. The SMILES string of the molecule is Cc1ccc(Cl)cc1NC(=O)C1Cc2nc[nH]c2CN1. The predicted octanol–water partition coefficient (Wildman–Crippen LogP) is 2.02. The summed E-state index contributed by atoms with van der Waals surface area (Å²) in [7, 11) is 0. The number of nitrogens with one attached hydrogen (secondary N) is 3. The third-order valence-corrected chi connectivity index (χ3v) is 3.74. The maximum absolute atomic E-state index is 12.3. The first-order valence-corrected chi connectivity index (χ1v) is 6.83. The van der Waals surface area contributed by atoms with Crippen LogP contribution in [-0.2, 0) is 17.8 Å². The van der Waals surface area contributed by atoms with E-state index in [1.54, 1.807) is 18.5 Å². The highest BCUT2D eigenvalue weighted by atomic mass is 35.5. The van der Waals surface area contributed by atoms with E-state index in [1.807, 2.05) is 13.0 Å². The van der Waals surface area contributed by atoms with Crippen LogP contribution in [0.1, 0.15) is 17.0 Å². The number of carbonyl (C=O) groups excluding carboxylic acids is 1. The monoisotopic (exact) mass is 290 g/mol. The Morgan fingerprint density at radius 2 is 2.35 bits per heavy atom. The van der Waals surface area contributed by atoms with Crippen LogP contribution in [0.4, 0.5) is 5.69 Å². The summed E-state index contributed by atoms with van der Waals surface area (Å²) in [5.41, 5.74) is 3.73. The molecule has 3 rings (SSSR count). The lowest BCUT2D eigenvalue weighted by molar-refractivity contribution is -0.118. The zero-order chi connectivity index (χ0) is 14.1. The van der Waals surface area contributed by atoms with Gasteiger partial charge in [-0.3, -0.25) is 10.1 Å². The maximum Gasteiger partial charge on any atom is 0.241 e. The number of fused-ring (bicyclic) bond motifs is 1. The Labute approximate surface area is 121 Å². The zero-order valence-corrected chi connectivity index (χ0v) is 11.8. The van der Waals surface area contributed by atoms with Gasteiger partial charge in [0.15, 0.2) is 0 Å². The zero-order valence-electron chi connectivity index (χ0n) is 11.0. The third-order valence-electron chi connectivity index (χ3n) is 3.50. The van der Waals surface area contributed by atoms with Gasteiger partial charge in [-0.1, -0.05) is 17.7 Å². The van der Waals surface area contributed by atoms with E-state index >= 15 is 0 Å². The lowest BCUT2D eigenvalue weighted by atomic mass is 10.0. The number of imidazole rings is 1. The van der Waals surface area contributed by atoms with E-state index in [0.29, 0.717) is 18.0 Å². The van der Waals surface area contributed by atoms with Gasteiger partial charge in [-0.25, -0.2) is 4.98 Å². The summed E-state index contributed by atoms with van der Waals surface area (Å²) in [6.07, 6.45) is 2.25. The molecule has 3 N–H and O–H groups in total. The van der Waals surface area contributed by atoms with E-state index in [0.717, 1.165) is 22.6 Å². The van der Waals surface area contributed by atoms with Crippen LogP contribution in [0.5, 0.6) is 0 Å². The Kier molecular flexibility index (Phi) is 3.46. The number of hydrogen-bond donors (Lipinski definition) is 3. The summed E-state index contributed by atoms with van der Waals surface area (Å²) in [5, 5.41) is 6.73. The topological polar surface area (TPSA) is 69.8 Å². The van der Waals surface area contributed by atoms with Crippen molar-refractivity contribution in [2.24, 2.45) is 0 Å². The van der Waals surface area contributed by atoms with Gasteiger partial charge >= 0.3 is 0 Å². The number of benzene rings is 1. The molecule has 1 aromatic carbocycles. The Balaban J connectivity index is 1.73. The highest BCUT2D eigenvalue weighted by Gasteiger charge is 2.25. The molecular formula is C14H15ClN4O. The number of nitrogens with zero attached hydrogens (tertiary/aromatic N) is 1. The molecule has 0 aliphatic carbocycles. The Hall–Kier alpha value is -1.85. The number of carbonyl (C=O) groups is 1. The van der Waals surface area contributed by atoms with Crippen molar-refractivity contribution < 1.29 is 4.79 Å². The van der Waals surface area contributed by atoms with Crippen LogP contribution in [0.2, 0.25) is 5.02 Å². The summed E-state index contributed by atoms with van der Waals surface area (Å²) < 4.78 is 0. The second-order valence-corrected chi connectivity index (χ2v) is 5.35. The van der Waals surface area contributed by atoms with Gasteiger partial charge in [0.1, 0.15) is 0 Å². The molecule has 1 aromatic heterocycles. The van der Waals surface area contributed by atoms with E-state index in [-0.39, 0.29) is 11.9 Å². The molecule has 0 radical (unpaired) electrons. The van der Waals surface area contributed by atoms with E-state index in [9.17, 15) is 4.79 Å². The smallest absolute Gasteiger partial charge is 0.241 e. The molecular weight excluding hydrogens is 276 g/mol. The van der Waals surface area contributed by atoms with Crippen molar-refractivity contribution in [3.05, 3.63) is 46.5 Å². The number of aryl methyl sites for hydroxylation is 1. The van der Waals surface area contributed by atoms with Gasteiger partial charge in [0.25, 0.3) is 0 Å². The van der Waals surface area contributed by atoms with E-state index in [1.165, 1.54) is 0 Å². The van der Waals surface area contributed by atoms with Gasteiger partial charge in [-0.2, -0.15) is 0 Å². The first-order chi connectivity index (χ1) is 9.63. The number of aromatic amines is 1. The van der Waals surface area contributed by atoms with Crippen molar-refractivity contribution in [1.29, 1.82) is 0 Å². The van der Waals surface area contributed by atoms with E-state index in [2.05, 4.69) is 20.6 Å². The van der Waals surface area contributed by atoms with Crippen LogP contribution in [0.25, 0.3) is 0 Å². The first kappa shape index (κ1) is 13.1. The Morgan fingerprint density at radius 1 is 1.50 bits per heavy atom. The summed E-state index contributed by atoms with van der Waals surface area (Å²) in [4.78, 5) is 19.6. The number of amides is 1. The summed E-state index contributed by atoms with van der Waals surface area (Å²) in [6, 6.07) is 5.18. The predicted molar refractivity (Wildman–Crippen MR) is 77.7 cm³/mol. The average molecular weight is 291 g/mol. The highest BCUT2D eigenvalue weighted by molar-refractivity contribution is 6.31. The van der Waals surface area contributed by atoms with Gasteiger partial charge in [0.05, 0.1) is 23.8 Å². The molecule has 0 saturated heterocycles. The van der Waals surface area contributed by atoms with Crippen LogP contribution < -0.4 is 10.6 Å². The average Bonchev–Trinajstić information content (AvgIpc) is 2.90. The molecule has 2 aromatic rings. The van der Waals surface area contributed by atoms with Gasteiger partial charge in [0, 0.05) is 23.7 Å².